The highest BCUT2D eigenvalue weighted by atomic mass is 16.5. The fourth-order valence-electron chi connectivity index (χ4n) is 5.38. The summed E-state index contributed by atoms with van der Waals surface area (Å²) < 4.78 is 5.17. The van der Waals surface area contributed by atoms with Gasteiger partial charge in [-0.3, -0.25) is 19.4 Å². The van der Waals surface area contributed by atoms with Crippen molar-refractivity contribution in [3.05, 3.63) is 107 Å². The highest BCUT2D eigenvalue weighted by Crippen LogP contribution is 2.33. The number of rotatable bonds is 8. The molecular weight excluding hydrogens is 556 g/mol. The first-order valence-corrected chi connectivity index (χ1v) is 14.4. The molecule has 10 heteroatoms. The van der Waals surface area contributed by atoms with Crippen molar-refractivity contribution in [2.75, 3.05) is 55.9 Å². The number of pyridine rings is 1. The molecule has 222 valence electrons. The monoisotopic (exact) mass is 588 g/mol. The van der Waals surface area contributed by atoms with Crippen LogP contribution in [0.25, 0.3) is 0 Å². The number of ketones is 1. The fraction of sp³-hybridized carbons (Fsp3) is 0.206. The third kappa shape index (κ3) is 6.06. The van der Waals surface area contributed by atoms with Crippen LogP contribution in [0.4, 0.5) is 22.7 Å². The van der Waals surface area contributed by atoms with Gasteiger partial charge in [0.15, 0.2) is 5.78 Å². The number of likely N-dealkylation sites (N-methyl/N-ethyl adjacent to an activating group) is 1. The van der Waals surface area contributed by atoms with Crippen molar-refractivity contribution in [1.82, 2.24) is 9.88 Å². The van der Waals surface area contributed by atoms with Crippen molar-refractivity contribution in [3.8, 4) is 5.88 Å². The molecule has 0 saturated carbocycles. The van der Waals surface area contributed by atoms with E-state index in [1.807, 2.05) is 12.1 Å². The molecular formula is C34H32N6O4. The zero-order valence-corrected chi connectivity index (χ0v) is 24.5. The number of ether oxygens (including phenoxy) is 1. The van der Waals surface area contributed by atoms with E-state index in [-0.39, 0.29) is 23.1 Å². The Bertz CT molecular complexity index is 1750. The third-order valence-electron chi connectivity index (χ3n) is 7.87. The first-order chi connectivity index (χ1) is 21.4. The average molecular weight is 589 g/mol. The molecule has 3 heterocycles. The molecule has 10 nitrogen and oxygen atoms in total. The number of anilines is 3. The lowest BCUT2D eigenvalue weighted by molar-refractivity contribution is -0.115. The molecule has 2 N–H and O–H groups in total. The number of aromatic nitrogens is 1. The lowest BCUT2D eigenvalue weighted by Crippen LogP contribution is -2.44. The van der Waals surface area contributed by atoms with Gasteiger partial charge in [0.1, 0.15) is 11.5 Å². The molecule has 1 saturated heterocycles. The largest absolute Gasteiger partial charge is 0.480 e. The van der Waals surface area contributed by atoms with Gasteiger partial charge in [0.25, 0.3) is 5.91 Å². The standard InChI is InChI=1S/C34H32N6O4/c1-39-15-17-40(18-16-39)26-11-9-24(10-12-26)36-21-29-27-13-8-23(20-30(27)38-33(29)43)31(41)22-5-3-6-25(19-22)37-32(42)28-7-4-14-35-34(28)44-2/h3-14,19-21,29H,15-18H2,1-2H3,(H,37,42)(H,38,43). The van der Waals surface area contributed by atoms with E-state index in [4.69, 9.17) is 4.74 Å². The van der Waals surface area contributed by atoms with Crippen molar-refractivity contribution in [2.24, 2.45) is 4.99 Å². The van der Waals surface area contributed by atoms with Crippen LogP contribution in [-0.4, -0.2) is 74.0 Å². The summed E-state index contributed by atoms with van der Waals surface area (Å²) >= 11 is 0. The van der Waals surface area contributed by atoms with Crippen LogP contribution in [0.1, 0.15) is 37.8 Å². The van der Waals surface area contributed by atoms with Gasteiger partial charge in [0, 0.05) is 66.8 Å². The van der Waals surface area contributed by atoms with Gasteiger partial charge in [0.2, 0.25) is 11.8 Å². The number of methoxy groups -OCH3 is 1. The molecule has 4 aromatic rings. The number of hydrogen-bond acceptors (Lipinski definition) is 8. The lowest BCUT2D eigenvalue weighted by Gasteiger charge is -2.34. The number of carbonyl (C=O) groups is 3. The van der Waals surface area contributed by atoms with E-state index in [1.54, 1.807) is 60.8 Å². The number of carbonyl (C=O) groups excluding carboxylic acids is 3. The summed E-state index contributed by atoms with van der Waals surface area (Å²) in [6.45, 7) is 4.06. The number of hydrogen-bond donors (Lipinski definition) is 2. The summed E-state index contributed by atoms with van der Waals surface area (Å²) in [5.74, 6) is -1.19. The van der Waals surface area contributed by atoms with Crippen LogP contribution in [0.2, 0.25) is 0 Å². The summed E-state index contributed by atoms with van der Waals surface area (Å²) in [5.41, 5.74) is 4.81. The maximum absolute atomic E-state index is 13.4. The van der Waals surface area contributed by atoms with Gasteiger partial charge in [-0.1, -0.05) is 24.3 Å². The van der Waals surface area contributed by atoms with Gasteiger partial charge in [-0.15, -0.1) is 0 Å². The lowest BCUT2D eigenvalue weighted by atomic mass is 9.97. The summed E-state index contributed by atoms with van der Waals surface area (Å²) in [6.07, 6.45) is 3.19. The predicted molar refractivity (Wildman–Crippen MR) is 171 cm³/mol. The molecule has 44 heavy (non-hydrogen) atoms. The van der Waals surface area contributed by atoms with Crippen LogP contribution in [0.15, 0.2) is 90.1 Å². The molecule has 0 aliphatic carbocycles. The van der Waals surface area contributed by atoms with Crippen LogP contribution in [0.3, 0.4) is 0 Å². The van der Waals surface area contributed by atoms with Crippen LogP contribution in [0, 0.1) is 0 Å². The Kier molecular flexibility index (Phi) is 8.16. The number of amides is 2. The van der Waals surface area contributed by atoms with Crippen molar-refractivity contribution >= 4 is 46.6 Å². The third-order valence-corrected chi connectivity index (χ3v) is 7.87. The Balaban J connectivity index is 1.14. The molecule has 6 rings (SSSR count). The minimum absolute atomic E-state index is 0.196. The molecule has 1 aromatic heterocycles. The normalized spacial score (nSPS) is 16.5. The van der Waals surface area contributed by atoms with E-state index < -0.39 is 11.8 Å². The molecule has 1 fully saturated rings. The van der Waals surface area contributed by atoms with E-state index in [2.05, 4.69) is 49.6 Å². The fourth-order valence-corrected chi connectivity index (χ4v) is 5.38. The van der Waals surface area contributed by atoms with Gasteiger partial charge in [-0.2, -0.15) is 0 Å². The molecule has 2 aliphatic rings. The Hall–Kier alpha value is -5.35. The highest BCUT2D eigenvalue weighted by Gasteiger charge is 2.30. The molecule has 0 radical (unpaired) electrons. The van der Waals surface area contributed by atoms with Crippen molar-refractivity contribution < 1.29 is 19.1 Å². The van der Waals surface area contributed by atoms with E-state index >= 15 is 0 Å². The minimum Gasteiger partial charge on any atom is -0.480 e. The SMILES string of the molecule is COc1ncccc1C(=O)Nc1cccc(C(=O)c2ccc3c(c2)NC(=O)C3C=Nc2ccc(N3CCN(C)CC3)cc2)c1. The van der Waals surface area contributed by atoms with Crippen LogP contribution in [-0.2, 0) is 4.79 Å². The summed E-state index contributed by atoms with van der Waals surface area (Å²) in [7, 11) is 3.58. The Morgan fingerprint density at radius 3 is 2.52 bits per heavy atom. The number of nitrogens with zero attached hydrogens (tertiary/aromatic N) is 4. The number of fused-ring (bicyclic) bond motifs is 1. The minimum atomic E-state index is -0.561. The molecule has 0 bridgehead atoms. The zero-order valence-electron chi connectivity index (χ0n) is 24.5. The van der Waals surface area contributed by atoms with Crippen molar-refractivity contribution in [1.29, 1.82) is 0 Å². The first kappa shape index (κ1) is 28.8. The number of benzene rings is 3. The number of aliphatic imine (C=N–C) groups is 1. The average Bonchev–Trinajstić information content (AvgIpc) is 3.37. The zero-order chi connectivity index (χ0) is 30.6. The molecule has 0 spiro atoms. The molecule has 1 atom stereocenters. The van der Waals surface area contributed by atoms with E-state index in [0.29, 0.717) is 22.5 Å². The van der Waals surface area contributed by atoms with Crippen LogP contribution >= 0.6 is 0 Å². The van der Waals surface area contributed by atoms with Gasteiger partial charge in [-0.05, 0) is 67.2 Å². The van der Waals surface area contributed by atoms with Crippen LogP contribution < -0.4 is 20.3 Å². The predicted octanol–water partition coefficient (Wildman–Crippen LogP) is 4.76. The Morgan fingerprint density at radius 2 is 1.75 bits per heavy atom. The van der Waals surface area contributed by atoms with E-state index in [0.717, 1.165) is 37.4 Å². The highest BCUT2D eigenvalue weighted by molar-refractivity contribution is 6.15. The quantitative estimate of drug-likeness (QED) is 0.225. The van der Waals surface area contributed by atoms with E-state index in [9.17, 15) is 14.4 Å². The molecule has 3 aromatic carbocycles. The molecule has 2 aliphatic heterocycles. The maximum Gasteiger partial charge on any atom is 0.261 e. The number of piperazine rings is 1. The van der Waals surface area contributed by atoms with Gasteiger partial charge in [-0.25, -0.2) is 4.98 Å². The summed E-state index contributed by atoms with van der Waals surface area (Å²) in [6, 6.07) is 23.2. The second-order valence-electron chi connectivity index (χ2n) is 10.8. The smallest absolute Gasteiger partial charge is 0.261 e. The Morgan fingerprint density at radius 1 is 0.977 bits per heavy atom. The second-order valence-corrected chi connectivity index (χ2v) is 10.8. The molecule has 2 amide bonds. The molecule has 1 unspecified atom stereocenters. The topological polar surface area (TPSA) is 116 Å². The maximum atomic E-state index is 13.4. The van der Waals surface area contributed by atoms with Gasteiger partial charge < -0.3 is 25.2 Å². The van der Waals surface area contributed by atoms with Crippen LogP contribution in [0.5, 0.6) is 5.88 Å². The summed E-state index contributed by atoms with van der Waals surface area (Å²) in [4.78, 5) is 52.4. The van der Waals surface area contributed by atoms with Crippen molar-refractivity contribution in [2.45, 2.75) is 5.92 Å². The van der Waals surface area contributed by atoms with E-state index in [1.165, 1.54) is 19.0 Å². The first-order valence-electron chi connectivity index (χ1n) is 14.4. The second kappa shape index (κ2) is 12.5. The number of nitrogens with one attached hydrogen (secondary N) is 2. The van der Waals surface area contributed by atoms with Gasteiger partial charge in [0.05, 0.1) is 12.8 Å². The van der Waals surface area contributed by atoms with Gasteiger partial charge >= 0.3 is 0 Å². The van der Waals surface area contributed by atoms with Crippen molar-refractivity contribution in [3.63, 3.8) is 0 Å². The Labute approximate surface area is 255 Å². The summed E-state index contributed by atoms with van der Waals surface area (Å²) in [5, 5.41) is 5.68.